The van der Waals surface area contributed by atoms with Gasteiger partial charge in [-0.3, -0.25) is 9.59 Å². The van der Waals surface area contributed by atoms with E-state index in [1.54, 1.807) is 18.2 Å². The van der Waals surface area contributed by atoms with Gasteiger partial charge >= 0.3 is 0 Å². The van der Waals surface area contributed by atoms with E-state index in [1.165, 1.54) is 18.7 Å². The summed E-state index contributed by atoms with van der Waals surface area (Å²) in [7, 11) is 0. The Bertz CT molecular complexity index is 869. The normalized spacial score (nSPS) is 17.0. The molecule has 2 N–H and O–H groups in total. The Morgan fingerprint density at radius 2 is 1.80 bits per heavy atom. The van der Waals surface area contributed by atoms with Crippen molar-refractivity contribution in [3.05, 3.63) is 64.6 Å². The number of benzene rings is 2. The third-order valence-electron chi connectivity index (χ3n) is 3.44. The van der Waals surface area contributed by atoms with Crippen LogP contribution in [-0.4, -0.2) is 17.0 Å². The quantitative estimate of drug-likeness (QED) is 0.825. The van der Waals surface area contributed by atoms with E-state index < -0.39 is 0 Å². The number of aryl methyl sites for hydroxylation is 1. The summed E-state index contributed by atoms with van der Waals surface area (Å²) < 4.78 is 0. The van der Waals surface area contributed by atoms with Crippen LogP contribution in [0.5, 0.6) is 0 Å². The topological polar surface area (TPSA) is 70.6 Å². The molecule has 25 heavy (non-hydrogen) atoms. The van der Waals surface area contributed by atoms with E-state index in [0.29, 0.717) is 10.1 Å². The molecule has 0 bridgehead atoms. The third kappa shape index (κ3) is 4.58. The van der Waals surface area contributed by atoms with E-state index in [1.807, 2.05) is 43.3 Å². The summed E-state index contributed by atoms with van der Waals surface area (Å²) in [5, 5.41) is 6.05. The zero-order chi connectivity index (χ0) is 17.8. The van der Waals surface area contributed by atoms with Crippen molar-refractivity contribution in [1.82, 2.24) is 5.32 Å². The molecule has 3 rings (SSSR count). The van der Waals surface area contributed by atoms with Crippen LogP contribution in [0.15, 0.2) is 58.4 Å². The van der Waals surface area contributed by atoms with Crippen molar-refractivity contribution in [2.75, 3.05) is 5.32 Å². The highest BCUT2D eigenvalue weighted by atomic mass is 32.2. The van der Waals surface area contributed by atoms with Crippen LogP contribution in [-0.2, 0) is 9.59 Å². The number of amides is 2. The molecule has 1 aliphatic rings. The van der Waals surface area contributed by atoms with E-state index in [-0.39, 0.29) is 11.8 Å². The van der Waals surface area contributed by atoms with Crippen molar-refractivity contribution in [2.45, 2.75) is 13.8 Å². The van der Waals surface area contributed by atoms with Crippen molar-refractivity contribution in [2.24, 2.45) is 4.99 Å². The van der Waals surface area contributed by atoms with Gasteiger partial charge in [-0.05, 0) is 54.6 Å². The van der Waals surface area contributed by atoms with Gasteiger partial charge in [0, 0.05) is 12.6 Å². The number of hydrogen-bond donors (Lipinski definition) is 2. The average Bonchev–Trinajstić information content (AvgIpc) is 2.90. The van der Waals surface area contributed by atoms with E-state index >= 15 is 0 Å². The number of nitrogens with one attached hydrogen (secondary N) is 2. The van der Waals surface area contributed by atoms with Gasteiger partial charge in [-0.2, -0.15) is 0 Å². The van der Waals surface area contributed by atoms with Crippen molar-refractivity contribution in [3.8, 4) is 0 Å². The predicted molar refractivity (Wildman–Crippen MR) is 103 cm³/mol. The second-order valence-corrected chi connectivity index (χ2v) is 6.65. The summed E-state index contributed by atoms with van der Waals surface area (Å²) in [5.41, 5.74) is 3.56. The number of aliphatic imine (C=N–C) groups is 1. The number of hydrogen-bond acceptors (Lipinski definition) is 4. The third-order valence-corrected chi connectivity index (χ3v) is 4.35. The SMILES string of the molecule is CC(=O)Nc1ccc(/C=C2\SC(=Nc3ccc(C)cc3)NC2=O)cc1. The highest BCUT2D eigenvalue weighted by Gasteiger charge is 2.23. The fraction of sp³-hybridized carbons (Fsp3) is 0.105. The van der Waals surface area contributed by atoms with Gasteiger partial charge in [0.15, 0.2) is 5.17 Å². The number of thioether (sulfide) groups is 1. The van der Waals surface area contributed by atoms with Crippen molar-refractivity contribution in [3.63, 3.8) is 0 Å². The van der Waals surface area contributed by atoms with Gasteiger partial charge in [0.05, 0.1) is 10.6 Å². The summed E-state index contributed by atoms with van der Waals surface area (Å²) in [6.07, 6.45) is 1.80. The predicted octanol–water partition coefficient (Wildman–Crippen LogP) is 3.85. The first-order valence-corrected chi connectivity index (χ1v) is 8.55. The minimum absolute atomic E-state index is 0.117. The minimum Gasteiger partial charge on any atom is -0.326 e. The molecule has 2 aromatic rings. The van der Waals surface area contributed by atoms with Crippen LogP contribution in [0.1, 0.15) is 18.1 Å². The fourth-order valence-electron chi connectivity index (χ4n) is 2.23. The Labute approximate surface area is 150 Å². The van der Waals surface area contributed by atoms with Crippen LogP contribution >= 0.6 is 11.8 Å². The van der Waals surface area contributed by atoms with Crippen molar-refractivity contribution < 1.29 is 9.59 Å². The highest BCUT2D eigenvalue weighted by molar-refractivity contribution is 8.18. The number of carbonyl (C=O) groups is 2. The molecule has 6 heteroatoms. The summed E-state index contributed by atoms with van der Waals surface area (Å²) in [6, 6.07) is 15.1. The van der Waals surface area contributed by atoms with Gasteiger partial charge in [0.1, 0.15) is 0 Å². The smallest absolute Gasteiger partial charge is 0.264 e. The lowest BCUT2D eigenvalue weighted by atomic mass is 10.2. The highest BCUT2D eigenvalue weighted by Crippen LogP contribution is 2.28. The molecule has 1 saturated heterocycles. The maximum Gasteiger partial charge on any atom is 0.264 e. The summed E-state index contributed by atoms with van der Waals surface area (Å²) in [5.74, 6) is -0.282. The fourth-order valence-corrected chi connectivity index (χ4v) is 3.08. The van der Waals surface area contributed by atoms with Crippen LogP contribution in [0.2, 0.25) is 0 Å². The number of amidine groups is 1. The Hall–Kier alpha value is -2.86. The zero-order valence-electron chi connectivity index (χ0n) is 13.9. The van der Waals surface area contributed by atoms with Gasteiger partial charge in [0.2, 0.25) is 5.91 Å². The molecule has 0 saturated carbocycles. The van der Waals surface area contributed by atoms with Gasteiger partial charge < -0.3 is 10.6 Å². The number of nitrogens with zero attached hydrogens (tertiary/aromatic N) is 1. The molecule has 2 amide bonds. The van der Waals surface area contributed by atoms with Crippen molar-refractivity contribution in [1.29, 1.82) is 0 Å². The molecule has 0 aliphatic carbocycles. The van der Waals surface area contributed by atoms with Crippen LogP contribution in [0, 0.1) is 6.92 Å². The number of rotatable bonds is 3. The zero-order valence-corrected chi connectivity index (χ0v) is 14.7. The first-order chi connectivity index (χ1) is 12.0. The van der Waals surface area contributed by atoms with Crippen LogP contribution < -0.4 is 10.6 Å². The van der Waals surface area contributed by atoms with E-state index in [9.17, 15) is 9.59 Å². The van der Waals surface area contributed by atoms with Crippen LogP contribution in [0.4, 0.5) is 11.4 Å². The Morgan fingerprint density at radius 1 is 1.12 bits per heavy atom. The molecule has 2 aromatic carbocycles. The molecule has 126 valence electrons. The molecule has 1 heterocycles. The molecule has 0 atom stereocenters. The monoisotopic (exact) mass is 351 g/mol. The van der Waals surface area contributed by atoms with E-state index in [0.717, 1.165) is 22.5 Å². The van der Waals surface area contributed by atoms with Crippen molar-refractivity contribution >= 4 is 46.2 Å². The molecule has 5 nitrogen and oxygen atoms in total. The Balaban J connectivity index is 1.74. The molecule has 0 unspecified atom stereocenters. The molecule has 0 spiro atoms. The number of carbonyl (C=O) groups excluding carboxylic acids is 2. The maximum atomic E-state index is 12.1. The minimum atomic E-state index is -0.165. The lowest BCUT2D eigenvalue weighted by Gasteiger charge is -2.02. The maximum absolute atomic E-state index is 12.1. The summed E-state index contributed by atoms with van der Waals surface area (Å²) in [4.78, 5) is 28.2. The molecule has 1 aliphatic heterocycles. The summed E-state index contributed by atoms with van der Waals surface area (Å²) >= 11 is 1.31. The van der Waals surface area contributed by atoms with Gasteiger partial charge in [0.25, 0.3) is 5.91 Å². The molecule has 0 radical (unpaired) electrons. The largest absolute Gasteiger partial charge is 0.326 e. The van der Waals surface area contributed by atoms with E-state index in [2.05, 4.69) is 15.6 Å². The van der Waals surface area contributed by atoms with Gasteiger partial charge in [-0.1, -0.05) is 29.8 Å². The second-order valence-electron chi connectivity index (χ2n) is 5.62. The van der Waals surface area contributed by atoms with Gasteiger partial charge in [-0.25, -0.2) is 4.99 Å². The molecule has 0 aromatic heterocycles. The van der Waals surface area contributed by atoms with Crippen LogP contribution in [0.25, 0.3) is 6.08 Å². The Morgan fingerprint density at radius 3 is 2.44 bits per heavy atom. The average molecular weight is 351 g/mol. The van der Waals surface area contributed by atoms with E-state index in [4.69, 9.17) is 0 Å². The second kappa shape index (κ2) is 7.36. The van der Waals surface area contributed by atoms with Gasteiger partial charge in [-0.15, -0.1) is 0 Å². The van der Waals surface area contributed by atoms with Crippen LogP contribution in [0.3, 0.4) is 0 Å². The summed E-state index contributed by atoms with van der Waals surface area (Å²) in [6.45, 7) is 3.48. The molecular weight excluding hydrogens is 334 g/mol. The first-order valence-electron chi connectivity index (χ1n) is 7.73. The standard InChI is InChI=1S/C19H17N3O2S/c1-12-3-7-16(8-4-12)21-19-22-18(24)17(25-19)11-14-5-9-15(10-6-14)20-13(2)23/h3-11H,1-2H3,(H,20,23)(H,21,22,24)/b17-11-. The lowest BCUT2D eigenvalue weighted by molar-refractivity contribution is -0.115. The lowest BCUT2D eigenvalue weighted by Crippen LogP contribution is -2.19. The Kier molecular flexibility index (Phi) is 5.00. The first kappa shape index (κ1) is 17.0. The molecular formula is C19H17N3O2S. The molecule has 1 fully saturated rings. The number of anilines is 1.